The molecule has 2 N–H and O–H groups in total. The Bertz CT molecular complexity index is 834. The number of benzene rings is 1. The van der Waals surface area contributed by atoms with Gasteiger partial charge in [0.25, 0.3) is 5.91 Å². The van der Waals surface area contributed by atoms with Gasteiger partial charge in [0.05, 0.1) is 17.4 Å². The zero-order valence-electron chi connectivity index (χ0n) is 12.6. The zero-order chi connectivity index (χ0) is 15.6. The number of carbonyl (C=O) groups is 1. The third kappa shape index (κ3) is 2.63. The maximum absolute atomic E-state index is 12.4. The molecule has 3 aromatic rings. The molecule has 1 saturated heterocycles. The van der Waals surface area contributed by atoms with E-state index in [1.54, 1.807) is 6.20 Å². The first-order valence-electron chi connectivity index (χ1n) is 7.77. The largest absolute Gasteiger partial charge is 0.357 e. The van der Waals surface area contributed by atoms with Gasteiger partial charge in [-0.25, -0.2) is 4.98 Å². The van der Waals surface area contributed by atoms with E-state index in [1.165, 1.54) is 12.8 Å². The standard InChI is InChI=1S/C17H17N5O/c23-17(16-13-5-1-2-6-14(13)20-21-16)19-12-7-8-15(18-11-12)22-9-3-4-10-22/h1-2,5-8,11H,3-4,9-10H2,(H,19,23)(H,20,21). The lowest BCUT2D eigenvalue weighted by Gasteiger charge is -2.16. The molecule has 0 atom stereocenters. The summed E-state index contributed by atoms with van der Waals surface area (Å²) in [6.45, 7) is 2.11. The Morgan fingerprint density at radius 3 is 2.74 bits per heavy atom. The van der Waals surface area contributed by atoms with Gasteiger partial charge < -0.3 is 10.2 Å². The molecule has 3 heterocycles. The zero-order valence-corrected chi connectivity index (χ0v) is 12.6. The van der Waals surface area contributed by atoms with Gasteiger partial charge in [0.15, 0.2) is 5.69 Å². The van der Waals surface area contributed by atoms with Crippen LogP contribution in [0.15, 0.2) is 42.6 Å². The molecule has 1 fully saturated rings. The van der Waals surface area contributed by atoms with Crippen LogP contribution >= 0.6 is 0 Å². The van der Waals surface area contributed by atoms with Crippen molar-refractivity contribution in [1.82, 2.24) is 15.2 Å². The predicted octanol–water partition coefficient (Wildman–Crippen LogP) is 2.81. The van der Waals surface area contributed by atoms with Crippen molar-refractivity contribution >= 4 is 28.3 Å². The van der Waals surface area contributed by atoms with E-state index < -0.39 is 0 Å². The molecule has 0 spiro atoms. The van der Waals surface area contributed by atoms with Crippen LogP contribution in [0.3, 0.4) is 0 Å². The van der Waals surface area contributed by atoms with Crippen LogP contribution in [0.25, 0.3) is 10.9 Å². The molecule has 116 valence electrons. The Morgan fingerprint density at radius 1 is 1.13 bits per heavy atom. The highest BCUT2D eigenvalue weighted by Crippen LogP contribution is 2.20. The molecule has 1 aliphatic rings. The van der Waals surface area contributed by atoms with Crippen LogP contribution in [0.5, 0.6) is 0 Å². The van der Waals surface area contributed by atoms with Gasteiger partial charge >= 0.3 is 0 Å². The second-order valence-electron chi connectivity index (χ2n) is 5.67. The van der Waals surface area contributed by atoms with E-state index in [2.05, 4.69) is 25.4 Å². The Labute approximate surface area is 133 Å². The van der Waals surface area contributed by atoms with Gasteiger partial charge in [0.2, 0.25) is 0 Å². The summed E-state index contributed by atoms with van der Waals surface area (Å²) in [5.41, 5.74) is 1.91. The van der Waals surface area contributed by atoms with E-state index >= 15 is 0 Å². The van der Waals surface area contributed by atoms with Crippen molar-refractivity contribution in [3.05, 3.63) is 48.3 Å². The van der Waals surface area contributed by atoms with Crippen LogP contribution in [0.2, 0.25) is 0 Å². The summed E-state index contributed by atoms with van der Waals surface area (Å²) in [5.74, 6) is 0.726. The van der Waals surface area contributed by atoms with E-state index in [-0.39, 0.29) is 5.91 Å². The summed E-state index contributed by atoms with van der Waals surface area (Å²) in [6.07, 6.45) is 4.12. The fraction of sp³-hybridized carbons (Fsp3) is 0.235. The van der Waals surface area contributed by atoms with Gasteiger partial charge in [-0.2, -0.15) is 5.10 Å². The average Bonchev–Trinajstić information content (AvgIpc) is 3.25. The second kappa shape index (κ2) is 5.72. The Balaban J connectivity index is 1.52. The number of para-hydroxylation sites is 1. The highest BCUT2D eigenvalue weighted by atomic mass is 16.1. The molecule has 4 rings (SSSR count). The molecule has 6 nitrogen and oxygen atoms in total. The van der Waals surface area contributed by atoms with Crippen molar-refractivity contribution in [3.63, 3.8) is 0 Å². The number of H-pyrrole nitrogens is 1. The summed E-state index contributed by atoms with van der Waals surface area (Å²) in [7, 11) is 0. The molecule has 6 heteroatoms. The van der Waals surface area contributed by atoms with Crippen molar-refractivity contribution in [2.24, 2.45) is 0 Å². The molecule has 2 aromatic heterocycles. The number of nitrogens with one attached hydrogen (secondary N) is 2. The summed E-state index contributed by atoms with van der Waals surface area (Å²) < 4.78 is 0. The first-order valence-corrected chi connectivity index (χ1v) is 7.77. The molecule has 1 aliphatic heterocycles. The number of rotatable bonds is 3. The number of aromatic amines is 1. The Hall–Kier alpha value is -2.89. The quantitative estimate of drug-likeness (QED) is 0.780. The minimum Gasteiger partial charge on any atom is -0.357 e. The highest BCUT2D eigenvalue weighted by molar-refractivity contribution is 6.11. The fourth-order valence-corrected chi connectivity index (χ4v) is 2.92. The van der Waals surface area contributed by atoms with E-state index in [0.29, 0.717) is 11.4 Å². The smallest absolute Gasteiger partial charge is 0.276 e. The number of anilines is 2. The van der Waals surface area contributed by atoms with Crippen LogP contribution in [-0.2, 0) is 0 Å². The van der Waals surface area contributed by atoms with Crippen molar-refractivity contribution in [2.75, 3.05) is 23.3 Å². The summed E-state index contributed by atoms with van der Waals surface area (Å²) in [6, 6.07) is 11.4. The van der Waals surface area contributed by atoms with Crippen molar-refractivity contribution in [1.29, 1.82) is 0 Å². The number of pyridine rings is 1. The van der Waals surface area contributed by atoms with Crippen LogP contribution in [0.1, 0.15) is 23.3 Å². The Kier molecular flexibility index (Phi) is 3.42. The summed E-state index contributed by atoms with van der Waals surface area (Å²) in [4.78, 5) is 19.1. The van der Waals surface area contributed by atoms with Gasteiger partial charge in [0, 0.05) is 18.5 Å². The average molecular weight is 307 g/mol. The summed E-state index contributed by atoms with van der Waals surface area (Å²) in [5, 5.41) is 10.6. The lowest BCUT2D eigenvalue weighted by atomic mass is 10.2. The van der Waals surface area contributed by atoms with Crippen LogP contribution < -0.4 is 10.2 Å². The van der Waals surface area contributed by atoms with Crippen molar-refractivity contribution in [2.45, 2.75) is 12.8 Å². The lowest BCUT2D eigenvalue weighted by Crippen LogP contribution is -2.19. The number of aromatic nitrogens is 3. The van der Waals surface area contributed by atoms with Gasteiger partial charge in [-0.15, -0.1) is 0 Å². The molecule has 0 saturated carbocycles. The number of fused-ring (bicyclic) bond motifs is 1. The minimum atomic E-state index is -0.238. The summed E-state index contributed by atoms with van der Waals surface area (Å²) >= 11 is 0. The van der Waals surface area contributed by atoms with E-state index in [1.807, 2.05) is 36.4 Å². The third-order valence-corrected chi connectivity index (χ3v) is 4.12. The lowest BCUT2D eigenvalue weighted by molar-refractivity contribution is 0.102. The van der Waals surface area contributed by atoms with E-state index in [0.717, 1.165) is 29.8 Å². The first kappa shape index (κ1) is 13.8. The minimum absolute atomic E-state index is 0.238. The van der Waals surface area contributed by atoms with E-state index in [4.69, 9.17) is 0 Å². The number of amides is 1. The van der Waals surface area contributed by atoms with Gasteiger partial charge in [0.1, 0.15) is 5.82 Å². The maximum atomic E-state index is 12.4. The molecule has 0 radical (unpaired) electrons. The normalized spacial score (nSPS) is 14.3. The monoisotopic (exact) mass is 307 g/mol. The fourth-order valence-electron chi connectivity index (χ4n) is 2.92. The topological polar surface area (TPSA) is 73.9 Å². The molecular weight excluding hydrogens is 290 g/mol. The molecule has 1 amide bonds. The molecule has 23 heavy (non-hydrogen) atoms. The number of hydrogen-bond donors (Lipinski definition) is 2. The van der Waals surface area contributed by atoms with Crippen LogP contribution in [0, 0.1) is 0 Å². The molecule has 0 aliphatic carbocycles. The molecule has 0 unspecified atom stereocenters. The van der Waals surface area contributed by atoms with E-state index in [9.17, 15) is 4.79 Å². The van der Waals surface area contributed by atoms with Gasteiger partial charge in [-0.05, 0) is 31.0 Å². The van der Waals surface area contributed by atoms with Gasteiger partial charge in [-0.1, -0.05) is 18.2 Å². The SMILES string of the molecule is O=C(Nc1ccc(N2CCCC2)nc1)c1n[nH]c2ccccc12. The molecular formula is C17H17N5O. The highest BCUT2D eigenvalue weighted by Gasteiger charge is 2.15. The van der Waals surface area contributed by atoms with Crippen molar-refractivity contribution < 1.29 is 4.79 Å². The van der Waals surface area contributed by atoms with Gasteiger partial charge in [-0.3, -0.25) is 9.89 Å². The number of carbonyl (C=O) groups excluding carboxylic acids is 1. The third-order valence-electron chi connectivity index (χ3n) is 4.12. The Morgan fingerprint density at radius 2 is 1.96 bits per heavy atom. The molecule has 0 bridgehead atoms. The number of hydrogen-bond acceptors (Lipinski definition) is 4. The predicted molar refractivity (Wildman–Crippen MR) is 89.7 cm³/mol. The second-order valence-corrected chi connectivity index (χ2v) is 5.67. The first-order chi connectivity index (χ1) is 11.3. The van der Waals surface area contributed by atoms with Crippen molar-refractivity contribution in [3.8, 4) is 0 Å². The number of nitrogens with zero attached hydrogens (tertiary/aromatic N) is 3. The van der Waals surface area contributed by atoms with Crippen LogP contribution in [0.4, 0.5) is 11.5 Å². The molecule has 1 aromatic carbocycles. The van der Waals surface area contributed by atoms with Crippen LogP contribution in [-0.4, -0.2) is 34.2 Å². The maximum Gasteiger partial charge on any atom is 0.276 e.